The van der Waals surface area contributed by atoms with Crippen LogP contribution in [0.15, 0.2) is 54.6 Å². The second-order valence-corrected chi connectivity index (χ2v) is 7.04. The summed E-state index contributed by atoms with van der Waals surface area (Å²) in [6, 6.07) is 17.0. The number of aromatic nitrogens is 2. The van der Waals surface area contributed by atoms with Crippen molar-refractivity contribution in [2.24, 2.45) is 0 Å². The maximum Gasteiger partial charge on any atom is 0.163 e. The lowest BCUT2D eigenvalue weighted by Crippen LogP contribution is -2.15. The van der Waals surface area contributed by atoms with Crippen LogP contribution in [0.25, 0.3) is 16.9 Å². The van der Waals surface area contributed by atoms with Gasteiger partial charge in [-0.25, -0.2) is 4.98 Å². The molecule has 1 aliphatic heterocycles. The summed E-state index contributed by atoms with van der Waals surface area (Å²) in [6.45, 7) is 3.12. The minimum absolute atomic E-state index is 0.0857. The summed E-state index contributed by atoms with van der Waals surface area (Å²) >= 11 is 0. The summed E-state index contributed by atoms with van der Waals surface area (Å²) < 4.78 is 18.7. The van der Waals surface area contributed by atoms with Crippen molar-refractivity contribution < 1.29 is 19.3 Å². The molecule has 0 spiro atoms. The van der Waals surface area contributed by atoms with Gasteiger partial charge in [-0.3, -0.25) is 4.40 Å². The monoisotopic (exact) mass is 403 g/mol. The molecular weight excluding hydrogens is 382 g/mol. The summed E-state index contributed by atoms with van der Waals surface area (Å²) in [5.74, 6) is 2.75. The van der Waals surface area contributed by atoms with Gasteiger partial charge < -0.3 is 24.6 Å². The zero-order valence-corrected chi connectivity index (χ0v) is 16.7. The molecule has 7 heteroatoms. The van der Waals surface area contributed by atoms with Gasteiger partial charge in [0, 0.05) is 23.0 Å². The molecule has 2 N–H and O–H groups in total. The third kappa shape index (κ3) is 3.04. The van der Waals surface area contributed by atoms with Crippen molar-refractivity contribution in [2.75, 3.05) is 25.6 Å². The van der Waals surface area contributed by atoms with Gasteiger partial charge in [0.1, 0.15) is 30.4 Å². The van der Waals surface area contributed by atoms with E-state index >= 15 is 0 Å². The standard InChI is InChI=1S/C23H21N3O4/c1-14-4-3-5-21-25-22(15-6-8-17(27)19(12-15)28-2)23(26(14)21)24-16-7-9-18-20(13-16)30-11-10-29-18/h3-9,12-13,24,27H,10-11H2,1-2H3. The largest absolute Gasteiger partial charge is 0.504 e. The van der Waals surface area contributed by atoms with E-state index in [1.165, 1.54) is 7.11 Å². The smallest absolute Gasteiger partial charge is 0.163 e. The van der Waals surface area contributed by atoms with E-state index in [1.807, 2.05) is 49.4 Å². The Hall–Kier alpha value is -3.87. The minimum Gasteiger partial charge on any atom is -0.504 e. The quantitative estimate of drug-likeness (QED) is 0.521. The first-order valence-electron chi connectivity index (χ1n) is 9.66. The Balaban J connectivity index is 1.66. The number of rotatable bonds is 4. The van der Waals surface area contributed by atoms with Crippen molar-refractivity contribution in [3.05, 3.63) is 60.3 Å². The van der Waals surface area contributed by atoms with Crippen LogP contribution in [-0.2, 0) is 0 Å². The highest BCUT2D eigenvalue weighted by atomic mass is 16.6. The molecule has 4 aromatic rings. The van der Waals surface area contributed by atoms with Crippen molar-refractivity contribution in [3.63, 3.8) is 0 Å². The third-order valence-electron chi connectivity index (χ3n) is 5.10. The number of aromatic hydroxyl groups is 1. The molecule has 1 aliphatic rings. The predicted octanol–water partition coefficient (Wildman–Crippen LogP) is 4.54. The van der Waals surface area contributed by atoms with Crippen LogP contribution < -0.4 is 19.5 Å². The third-order valence-corrected chi connectivity index (χ3v) is 5.10. The lowest BCUT2D eigenvalue weighted by atomic mass is 10.1. The minimum atomic E-state index is 0.0857. The Morgan fingerprint density at radius 1 is 1.03 bits per heavy atom. The van der Waals surface area contributed by atoms with E-state index in [1.54, 1.807) is 12.1 Å². The highest BCUT2D eigenvalue weighted by Gasteiger charge is 2.19. The number of phenols is 1. The van der Waals surface area contributed by atoms with Crippen molar-refractivity contribution >= 4 is 17.2 Å². The van der Waals surface area contributed by atoms with E-state index in [-0.39, 0.29) is 5.75 Å². The van der Waals surface area contributed by atoms with Crippen LogP contribution in [0.1, 0.15) is 5.69 Å². The maximum absolute atomic E-state index is 9.99. The van der Waals surface area contributed by atoms with Crippen LogP contribution in [0.4, 0.5) is 11.5 Å². The summed E-state index contributed by atoms with van der Waals surface area (Å²) in [5.41, 5.74) is 4.29. The summed E-state index contributed by atoms with van der Waals surface area (Å²) in [5, 5.41) is 13.5. The Labute approximate surface area is 173 Å². The van der Waals surface area contributed by atoms with Gasteiger partial charge >= 0.3 is 0 Å². The van der Waals surface area contributed by atoms with Gasteiger partial charge in [0.2, 0.25) is 0 Å². The van der Waals surface area contributed by atoms with Gasteiger partial charge in [-0.05, 0) is 49.4 Å². The Morgan fingerprint density at radius 3 is 2.70 bits per heavy atom. The van der Waals surface area contributed by atoms with Gasteiger partial charge in [-0.1, -0.05) is 6.07 Å². The number of aryl methyl sites for hydroxylation is 1. The fourth-order valence-corrected chi connectivity index (χ4v) is 3.65. The molecule has 5 rings (SSSR count). The molecule has 152 valence electrons. The first kappa shape index (κ1) is 18.2. The normalized spacial score (nSPS) is 12.7. The zero-order chi connectivity index (χ0) is 20.7. The SMILES string of the molecule is COc1cc(-c2nc3cccc(C)n3c2Nc2ccc3c(c2)OCCO3)ccc1O. The number of pyridine rings is 1. The van der Waals surface area contributed by atoms with Gasteiger partial charge in [-0.2, -0.15) is 0 Å². The van der Waals surface area contributed by atoms with E-state index in [9.17, 15) is 5.11 Å². The van der Waals surface area contributed by atoms with Crippen molar-refractivity contribution in [1.82, 2.24) is 9.38 Å². The van der Waals surface area contributed by atoms with Crippen LogP contribution in [0.3, 0.4) is 0 Å². The van der Waals surface area contributed by atoms with Crippen LogP contribution in [0.5, 0.6) is 23.0 Å². The number of benzene rings is 2. The van der Waals surface area contributed by atoms with E-state index in [2.05, 4.69) is 9.72 Å². The Bertz CT molecular complexity index is 1250. The molecule has 0 saturated carbocycles. The van der Waals surface area contributed by atoms with Crippen molar-refractivity contribution in [1.29, 1.82) is 0 Å². The van der Waals surface area contributed by atoms with E-state index in [4.69, 9.17) is 19.2 Å². The number of nitrogens with zero attached hydrogens (tertiary/aromatic N) is 2. The fourth-order valence-electron chi connectivity index (χ4n) is 3.65. The molecule has 0 saturated heterocycles. The second kappa shape index (κ2) is 7.18. The van der Waals surface area contributed by atoms with Gasteiger partial charge in [-0.15, -0.1) is 0 Å². The molecule has 7 nitrogen and oxygen atoms in total. The van der Waals surface area contributed by atoms with Gasteiger partial charge in [0.25, 0.3) is 0 Å². The van der Waals surface area contributed by atoms with E-state index in [0.717, 1.165) is 39.9 Å². The number of fused-ring (bicyclic) bond motifs is 2. The molecule has 0 amide bonds. The van der Waals surface area contributed by atoms with Crippen molar-refractivity contribution in [3.8, 4) is 34.3 Å². The van der Waals surface area contributed by atoms with Gasteiger partial charge in [0.15, 0.2) is 23.0 Å². The van der Waals surface area contributed by atoms with E-state index in [0.29, 0.717) is 24.7 Å². The molecule has 0 atom stereocenters. The first-order chi connectivity index (χ1) is 14.6. The van der Waals surface area contributed by atoms with E-state index < -0.39 is 0 Å². The number of methoxy groups -OCH3 is 1. The molecule has 3 heterocycles. The average Bonchev–Trinajstić information content (AvgIpc) is 3.13. The lowest BCUT2D eigenvalue weighted by Gasteiger charge is -2.19. The molecule has 0 fully saturated rings. The summed E-state index contributed by atoms with van der Waals surface area (Å²) in [7, 11) is 1.53. The highest BCUT2D eigenvalue weighted by molar-refractivity contribution is 5.81. The molecule has 0 radical (unpaired) electrons. The van der Waals surface area contributed by atoms with Crippen molar-refractivity contribution in [2.45, 2.75) is 6.92 Å². The van der Waals surface area contributed by atoms with Crippen LogP contribution in [0, 0.1) is 6.92 Å². The number of hydrogen-bond acceptors (Lipinski definition) is 6. The summed E-state index contributed by atoms with van der Waals surface area (Å²) in [6.07, 6.45) is 0. The number of nitrogens with one attached hydrogen (secondary N) is 1. The number of anilines is 2. The molecule has 30 heavy (non-hydrogen) atoms. The number of imidazole rings is 1. The number of ether oxygens (including phenoxy) is 3. The topological polar surface area (TPSA) is 77.3 Å². The Morgan fingerprint density at radius 2 is 1.87 bits per heavy atom. The number of phenolic OH excluding ortho intramolecular Hbond substituents is 1. The van der Waals surface area contributed by atoms with Crippen LogP contribution >= 0.6 is 0 Å². The van der Waals surface area contributed by atoms with Crippen LogP contribution in [0.2, 0.25) is 0 Å². The molecule has 2 aromatic heterocycles. The van der Waals surface area contributed by atoms with Crippen LogP contribution in [-0.4, -0.2) is 34.8 Å². The Kier molecular flexibility index (Phi) is 4.35. The zero-order valence-electron chi connectivity index (χ0n) is 16.7. The molecule has 0 bridgehead atoms. The fraction of sp³-hybridized carbons (Fsp3) is 0.174. The molecule has 2 aromatic carbocycles. The second-order valence-electron chi connectivity index (χ2n) is 7.04. The number of hydrogen-bond donors (Lipinski definition) is 2. The van der Waals surface area contributed by atoms with Gasteiger partial charge in [0.05, 0.1) is 7.11 Å². The highest BCUT2D eigenvalue weighted by Crippen LogP contribution is 2.38. The first-order valence-corrected chi connectivity index (χ1v) is 9.66. The summed E-state index contributed by atoms with van der Waals surface area (Å²) in [4.78, 5) is 4.84. The predicted molar refractivity (Wildman–Crippen MR) is 114 cm³/mol. The molecule has 0 aliphatic carbocycles. The average molecular weight is 403 g/mol. The molecular formula is C23H21N3O4. The molecule has 0 unspecified atom stereocenters. The lowest BCUT2D eigenvalue weighted by molar-refractivity contribution is 0.171. The maximum atomic E-state index is 9.99.